The lowest BCUT2D eigenvalue weighted by Gasteiger charge is -2.44. The zero-order valence-electron chi connectivity index (χ0n) is 18.0. The highest BCUT2D eigenvalue weighted by atomic mass is 35.5. The van der Waals surface area contributed by atoms with Crippen molar-refractivity contribution in [3.05, 3.63) is 69.7 Å². The zero-order valence-corrected chi connectivity index (χ0v) is 20.3. The minimum absolute atomic E-state index is 0. The lowest BCUT2D eigenvalue weighted by molar-refractivity contribution is -0.133. The molecule has 4 rings (SSSR count). The third-order valence-corrected chi connectivity index (χ3v) is 7.25. The Morgan fingerprint density at radius 3 is 2.48 bits per heavy atom. The molecule has 0 spiro atoms. The van der Waals surface area contributed by atoms with E-state index < -0.39 is 0 Å². The molecule has 2 aliphatic rings. The number of carbonyl (C=O) groups is 1. The Labute approximate surface area is 202 Å². The number of benzene rings is 2. The molecule has 168 valence electrons. The topological polar surface area (TPSA) is 23.6 Å². The Kier molecular flexibility index (Phi) is 8.69. The van der Waals surface area contributed by atoms with Gasteiger partial charge >= 0.3 is 0 Å². The Bertz CT molecular complexity index is 872. The van der Waals surface area contributed by atoms with Crippen molar-refractivity contribution in [3.63, 3.8) is 0 Å². The van der Waals surface area contributed by atoms with Crippen molar-refractivity contribution in [2.24, 2.45) is 5.92 Å². The first-order valence-electron chi connectivity index (χ1n) is 11.0. The summed E-state index contributed by atoms with van der Waals surface area (Å²) in [4.78, 5) is 18.0. The minimum Gasteiger partial charge on any atom is -0.337 e. The fourth-order valence-corrected chi connectivity index (χ4v) is 5.01. The van der Waals surface area contributed by atoms with Gasteiger partial charge in [0, 0.05) is 19.6 Å². The van der Waals surface area contributed by atoms with Gasteiger partial charge in [-0.25, -0.2) is 0 Å². The van der Waals surface area contributed by atoms with E-state index in [0.29, 0.717) is 22.5 Å². The van der Waals surface area contributed by atoms with Crippen molar-refractivity contribution in [3.8, 4) is 0 Å². The van der Waals surface area contributed by atoms with Crippen LogP contribution < -0.4 is 0 Å². The zero-order chi connectivity index (χ0) is 21.1. The van der Waals surface area contributed by atoms with Gasteiger partial charge in [-0.15, -0.1) is 12.4 Å². The normalized spacial score (nSPS) is 20.0. The summed E-state index contributed by atoms with van der Waals surface area (Å²) in [6.45, 7) is 2.31. The van der Waals surface area contributed by atoms with Gasteiger partial charge in [0.05, 0.1) is 22.5 Å². The fourth-order valence-electron chi connectivity index (χ4n) is 4.69. The highest BCUT2D eigenvalue weighted by Crippen LogP contribution is 2.37. The third kappa shape index (κ3) is 6.16. The van der Waals surface area contributed by atoms with E-state index in [9.17, 15) is 4.79 Å². The van der Waals surface area contributed by atoms with E-state index in [1.54, 1.807) is 12.1 Å². The molecule has 0 N–H and O–H groups in total. The molecule has 1 amide bonds. The van der Waals surface area contributed by atoms with Gasteiger partial charge in [-0.2, -0.15) is 0 Å². The predicted octanol–water partition coefficient (Wildman–Crippen LogP) is 6.42. The van der Waals surface area contributed by atoms with Gasteiger partial charge in [0.2, 0.25) is 5.91 Å². The average Bonchev–Trinajstić information content (AvgIpc) is 3.57. The van der Waals surface area contributed by atoms with Gasteiger partial charge in [-0.3, -0.25) is 9.69 Å². The van der Waals surface area contributed by atoms with Crippen LogP contribution >= 0.6 is 35.6 Å². The predicted molar refractivity (Wildman–Crippen MR) is 131 cm³/mol. The Morgan fingerprint density at radius 2 is 1.81 bits per heavy atom. The first-order chi connectivity index (χ1) is 14.5. The van der Waals surface area contributed by atoms with E-state index in [1.165, 1.54) is 37.8 Å². The highest BCUT2D eigenvalue weighted by molar-refractivity contribution is 6.42. The molecule has 0 bridgehead atoms. The SMILES string of the molecule is CN(C(=O)Cc1ccc(Cl)c(Cl)c1)C(c1ccccc1)C1CCCCN1CC1CC1.Cl. The van der Waals surface area contributed by atoms with Crippen LogP contribution in [0.5, 0.6) is 0 Å². The molecule has 1 aliphatic carbocycles. The number of likely N-dealkylation sites (tertiary alicyclic amines) is 1. The van der Waals surface area contributed by atoms with E-state index in [2.05, 4.69) is 29.2 Å². The van der Waals surface area contributed by atoms with Crippen molar-refractivity contribution in [2.75, 3.05) is 20.1 Å². The molecular weight excluding hydrogens is 451 g/mol. The van der Waals surface area contributed by atoms with E-state index >= 15 is 0 Å². The molecular formula is C25H31Cl3N2O. The molecule has 0 aromatic heterocycles. The summed E-state index contributed by atoms with van der Waals surface area (Å²) in [6, 6.07) is 16.4. The van der Waals surface area contributed by atoms with Gasteiger partial charge < -0.3 is 4.90 Å². The number of nitrogens with zero attached hydrogens (tertiary/aromatic N) is 2. The standard InChI is InChI=1S/C25H30Cl2N2O.ClH/c1-28(24(30)16-19-12-13-21(26)22(27)15-19)25(20-7-3-2-4-8-20)23-9-5-6-14-29(23)17-18-10-11-18;/h2-4,7-8,12-13,15,18,23,25H,5-6,9-11,14,16-17H2,1H3;1H. The molecule has 1 saturated carbocycles. The van der Waals surface area contributed by atoms with Crippen molar-refractivity contribution in [1.82, 2.24) is 9.80 Å². The number of hydrogen-bond acceptors (Lipinski definition) is 2. The van der Waals surface area contributed by atoms with Crippen LogP contribution in [0.3, 0.4) is 0 Å². The maximum atomic E-state index is 13.3. The largest absolute Gasteiger partial charge is 0.337 e. The smallest absolute Gasteiger partial charge is 0.227 e. The minimum atomic E-state index is 0. The van der Waals surface area contributed by atoms with Crippen LogP contribution in [0.1, 0.15) is 49.3 Å². The number of halogens is 3. The molecule has 2 atom stereocenters. The number of rotatable bonds is 7. The van der Waals surface area contributed by atoms with Gasteiger partial charge in [0.15, 0.2) is 0 Å². The maximum absolute atomic E-state index is 13.3. The van der Waals surface area contributed by atoms with Crippen molar-refractivity contribution < 1.29 is 4.79 Å². The van der Waals surface area contributed by atoms with Crippen molar-refractivity contribution >= 4 is 41.5 Å². The maximum Gasteiger partial charge on any atom is 0.227 e. The molecule has 6 heteroatoms. The van der Waals surface area contributed by atoms with Gasteiger partial charge in [-0.1, -0.05) is 66.0 Å². The third-order valence-electron chi connectivity index (χ3n) is 6.51. The summed E-state index contributed by atoms with van der Waals surface area (Å²) in [6.07, 6.45) is 6.65. The van der Waals surface area contributed by atoms with Crippen LogP contribution in [0.2, 0.25) is 10.0 Å². The molecule has 31 heavy (non-hydrogen) atoms. The summed E-state index contributed by atoms with van der Waals surface area (Å²) < 4.78 is 0. The van der Waals surface area contributed by atoms with Crippen LogP contribution in [0.15, 0.2) is 48.5 Å². The number of likely N-dealkylation sites (N-methyl/N-ethyl adjacent to an activating group) is 1. The van der Waals surface area contributed by atoms with Crippen LogP contribution in [0, 0.1) is 5.92 Å². The van der Waals surface area contributed by atoms with Crippen LogP contribution in [0.25, 0.3) is 0 Å². The monoisotopic (exact) mass is 480 g/mol. The summed E-state index contributed by atoms with van der Waals surface area (Å²) in [5.41, 5.74) is 2.11. The fraction of sp³-hybridized carbons (Fsp3) is 0.480. The average molecular weight is 482 g/mol. The Hall–Kier alpha value is -1.26. The number of hydrogen-bond donors (Lipinski definition) is 0. The molecule has 2 fully saturated rings. The van der Waals surface area contributed by atoms with Gasteiger partial charge in [0.1, 0.15) is 0 Å². The van der Waals surface area contributed by atoms with Gasteiger partial charge in [0.25, 0.3) is 0 Å². The Morgan fingerprint density at radius 1 is 1.06 bits per heavy atom. The summed E-state index contributed by atoms with van der Waals surface area (Å²) in [7, 11) is 1.96. The van der Waals surface area contributed by atoms with Crippen molar-refractivity contribution in [1.29, 1.82) is 0 Å². The lowest BCUT2D eigenvalue weighted by atomic mass is 9.89. The van der Waals surface area contributed by atoms with E-state index in [4.69, 9.17) is 23.2 Å². The first-order valence-corrected chi connectivity index (χ1v) is 11.8. The molecule has 2 aromatic rings. The second-order valence-corrected chi connectivity index (χ2v) is 9.60. The summed E-state index contributed by atoms with van der Waals surface area (Å²) in [5, 5.41) is 1.01. The van der Waals surface area contributed by atoms with Crippen LogP contribution in [-0.4, -0.2) is 41.9 Å². The number of amides is 1. The van der Waals surface area contributed by atoms with E-state index in [0.717, 1.165) is 24.4 Å². The molecule has 0 radical (unpaired) electrons. The highest BCUT2D eigenvalue weighted by Gasteiger charge is 2.37. The Balaban J connectivity index is 0.00000272. The summed E-state index contributed by atoms with van der Waals surface area (Å²) >= 11 is 12.2. The van der Waals surface area contributed by atoms with Gasteiger partial charge in [-0.05, 0) is 61.4 Å². The molecule has 1 saturated heterocycles. The number of piperidine rings is 1. The van der Waals surface area contributed by atoms with Crippen molar-refractivity contribution in [2.45, 2.75) is 50.6 Å². The van der Waals surface area contributed by atoms with Crippen LogP contribution in [-0.2, 0) is 11.2 Å². The molecule has 2 unspecified atom stereocenters. The quantitative estimate of drug-likeness (QED) is 0.455. The van der Waals surface area contributed by atoms with Crippen LogP contribution in [0.4, 0.5) is 0 Å². The van der Waals surface area contributed by atoms with E-state index in [1.807, 2.05) is 24.1 Å². The lowest BCUT2D eigenvalue weighted by Crippen LogP contribution is -2.50. The number of carbonyl (C=O) groups excluding carboxylic acids is 1. The molecule has 2 aromatic carbocycles. The molecule has 3 nitrogen and oxygen atoms in total. The molecule has 1 aliphatic heterocycles. The van der Waals surface area contributed by atoms with E-state index in [-0.39, 0.29) is 24.4 Å². The first kappa shape index (κ1) is 24.4. The second kappa shape index (κ2) is 11.0. The summed E-state index contributed by atoms with van der Waals surface area (Å²) in [5.74, 6) is 0.957. The molecule has 1 heterocycles. The second-order valence-electron chi connectivity index (χ2n) is 8.79.